The van der Waals surface area contributed by atoms with Gasteiger partial charge in [0.05, 0.1) is 22.2 Å². The molecule has 1 N–H and O–H groups in total. The molecule has 0 heterocycles. The van der Waals surface area contributed by atoms with E-state index in [0.29, 0.717) is 27.8 Å². The van der Waals surface area contributed by atoms with E-state index in [0.717, 1.165) is 21.2 Å². The summed E-state index contributed by atoms with van der Waals surface area (Å²) in [6, 6.07) is 31.0. The molecule has 0 saturated heterocycles. The summed E-state index contributed by atoms with van der Waals surface area (Å²) in [5.41, 5.74) is 6.48. The van der Waals surface area contributed by atoms with Crippen molar-refractivity contribution in [3.63, 3.8) is 0 Å². The van der Waals surface area contributed by atoms with Crippen molar-refractivity contribution in [2.24, 2.45) is 11.0 Å². The van der Waals surface area contributed by atoms with Gasteiger partial charge in [0.25, 0.3) is 0 Å². The molecule has 7 heteroatoms. The Hall–Kier alpha value is -3.55. The molecular weight excluding hydrogens is 608 g/mol. The fraction of sp³-hybridized carbons (Fsp3) is 0.129. The van der Waals surface area contributed by atoms with Gasteiger partial charge in [-0.2, -0.15) is 5.10 Å². The maximum absolute atomic E-state index is 13.2. The summed E-state index contributed by atoms with van der Waals surface area (Å²) in [7, 11) is 0. The van der Waals surface area contributed by atoms with Gasteiger partial charge in [0.2, 0.25) is 5.91 Å². The zero-order valence-corrected chi connectivity index (χ0v) is 23.7. The van der Waals surface area contributed by atoms with Gasteiger partial charge >= 0.3 is 5.97 Å². The topological polar surface area (TPSA) is 67.8 Å². The number of hydrogen-bond donors (Lipinski definition) is 1. The molecule has 1 unspecified atom stereocenters. The summed E-state index contributed by atoms with van der Waals surface area (Å²) in [5, 5.41) is 4.24. The highest BCUT2D eigenvalue weighted by molar-refractivity contribution is 9.11. The van der Waals surface area contributed by atoms with Crippen molar-refractivity contribution in [3.05, 3.63) is 134 Å². The fourth-order valence-electron chi connectivity index (χ4n) is 4.81. The molecule has 1 atom stereocenters. The first kappa shape index (κ1) is 26.1. The Kier molecular flexibility index (Phi) is 7.58. The molecule has 0 aromatic heterocycles. The normalized spacial score (nSPS) is 15.7. The van der Waals surface area contributed by atoms with E-state index in [-0.39, 0.29) is 17.2 Å². The molecule has 1 saturated carbocycles. The molecule has 4 aromatic rings. The largest absolute Gasteiger partial charge is 0.421 e. The maximum Gasteiger partial charge on any atom is 0.343 e. The summed E-state index contributed by atoms with van der Waals surface area (Å²) >= 11 is 6.95. The molecule has 1 fully saturated rings. The van der Waals surface area contributed by atoms with Gasteiger partial charge in [0.1, 0.15) is 0 Å². The molecule has 4 aromatic carbocycles. The Morgan fingerprint density at radius 3 is 2.21 bits per heavy atom. The molecule has 0 spiro atoms. The zero-order valence-electron chi connectivity index (χ0n) is 20.5. The van der Waals surface area contributed by atoms with E-state index in [1.165, 1.54) is 6.21 Å². The van der Waals surface area contributed by atoms with Gasteiger partial charge in [-0.1, -0.05) is 94.3 Å². The van der Waals surface area contributed by atoms with Crippen LogP contribution < -0.4 is 10.2 Å². The minimum atomic E-state index is -0.483. The van der Waals surface area contributed by atoms with Gasteiger partial charge in [-0.25, -0.2) is 10.2 Å². The van der Waals surface area contributed by atoms with Crippen LogP contribution in [0.3, 0.4) is 0 Å². The first-order valence-electron chi connectivity index (χ1n) is 12.1. The number of esters is 1. The van der Waals surface area contributed by atoms with E-state index in [4.69, 9.17) is 4.74 Å². The maximum atomic E-state index is 13.2. The number of hydrazone groups is 1. The van der Waals surface area contributed by atoms with Crippen molar-refractivity contribution in [1.82, 2.24) is 5.43 Å². The first-order chi connectivity index (χ1) is 18.4. The number of amides is 1. The zero-order chi connectivity index (χ0) is 26.7. The Bertz CT molecular complexity index is 1480. The second-order valence-corrected chi connectivity index (χ2v) is 11.0. The lowest BCUT2D eigenvalue weighted by Gasteiger charge is -2.18. The number of aryl methyl sites for hydroxylation is 1. The SMILES string of the molecule is Cc1cccc(C(=O)Oc2c(Br)cc(Br)cc2/C=N/NC(=O)C2CC2(c2ccccc2)c2ccccc2)c1. The molecule has 5 nitrogen and oxygen atoms in total. The Balaban J connectivity index is 1.35. The van der Waals surface area contributed by atoms with Gasteiger partial charge in [-0.3, -0.25) is 4.79 Å². The summed E-state index contributed by atoms with van der Waals surface area (Å²) in [4.78, 5) is 26.0. The second-order valence-electron chi connectivity index (χ2n) is 9.26. The quantitative estimate of drug-likeness (QED) is 0.102. The van der Waals surface area contributed by atoms with Gasteiger partial charge in [-0.15, -0.1) is 0 Å². The lowest BCUT2D eigenvalue weighted by Crippen LogP contribution is -2.25. The molecule has 5 rings (SSSR count). The monoisotopic (exact) mass is 630 g/mol. The van der Waals surface area contributed by atoms with Crippen molar-refractivity contribution in [3.8, 4) is 5.75 Å². The van der Waals surface area contributed by atoms with Crippen LogP contribution in [0.4, 0.5) is 0 Å². The average Bonchev–Trinajstić information content (AvgIpc) is 3.69. The minimum absolute atomic E-state index is 0.165. The number of ether oxygens (including phenoxy) is 1. The highest BCUT2D eigenvalue weighted by Gasteiger charge is 2.60. The van der Waals surface area contributed by atoms with E-state index in [1.807, 2.05) is 55.5 Å². The van der Waals surface area contributed by atoms with Crippen LogP contribution >= 0.6 is 31.9 Å². The van der Waals surface area contributed by atoms with Crippen LogP contribution in [-0.4, -0.2) is 18.1 Å². The highest BCUT2D eigenvalue weighted by atomic mass is 79.9. The third kappa shape index (κ3) is 5.35. The standard InChI is InChI=1S/C31H24Br2N2O3/c1-20-9-8-10-21(15-20)30(37)38-28-22(16-25(32)17-27(28)33)19-34-35-29(36)26-18-31(26,23-11-4-2-5-12-23)24-13-6-3-7-14-24/h2-17,19,26H,18H2,1H3,(H,35,36)/b34-19+. The highest BCUT2D eigenvalue weighted by Crippen LogP contribution is 2.58. The first-order valence-corrected chi connectivity index (χ1v) is 13.7. The van der Waals surface area contributed by atoms with Crippen molar-refractivity contribution < 1.29 is 14.3 Å². The third-order valence-corrected chi connectivity index (χ3v) is 7.77. The smallest absolute Gasteiger partial charge is 0.343 e. The number of hydrogen-bond acceptors (Lipinski definition) is 4. The lowest BCUT2D eigenvalue weighted by molar-refractivity contribution is -0.122. The number of halogens is 2. The molecular formula is C31H24Br2N2O3. The van der Waals surface area contributed by atoms with Crippen molar-refractivity contribution >= 4 is 50.0 Å². The number of carbonyl (C=O) groups is 2. The van der Waals surface area contributed by atoms with Crippen LogP contribution in [0.15, 0.2) is 111 Å². The predicted octanol–water partition coefficient (Wildman–Crippen LogP) is 7.20. The Labute approximate surface area is 238 Å². The third-order valence-electron chi connectivity index (χ3n) is 6.72. The number of nitrogens with zero attached hydrogens (tertiary/aromatic N) is 1. The van der Waals surface area contributed by atoms with Gasteiger partial charge in [-0.05, 0) is 64.7 Å². The number of benzene rings is 4. The predicted molar refractivity (Wildman–Crippen MR) is 155 cm³/mol. The fourth-order valence-corrected chi connectivity index (χ4v) is 6.15. The molecule has 38 heavy (non-hydrogen) atoms. The van der Waals surface area contributed by atoms with Gasteiger partial charge in [0, 0.05) is 15.5 Å². The number of nitrogens with one attached hydrogen (secondary N) is 1. The Morgan fingerprint density at radius 1 is 0.921 bits per heavy atom. The van der Waals surface area contributed by atoms with Crippen LogP contribution in [-0.2, 0) is 10.2 Å². The van der Waals surface area contributed by atoms with E-state index in [2.05, 4.69) is 66.7 Å². The van der Waals surface area contributed by atoms with Crippen molar-refractivity contribution in [2.75, 3.05) is 0 Å². The second kappa shape index (κ2) is 11.1. The molecule has 1 amide bonds. The van der Waals surface area contributed by atoms with Gasteiger partial charge < -0.3 is 4.74 Å². The van der Waals surface area contributed by atoms with E-state index in [1.54, 1.807) is 24.3 Å². The average molecular weight is 632 g/mol. The summed E-state index contributed by atoms with van der Waals surface area (Å²) in [6.07, 6.45) is 2.19. The van der Waals surface area contributed by atoms with Crippen LogP contribution in [0.1, 0.15) is 39.0 Å². The van der Waals surface area contributed by atoms with E-state index < -0.39 is 5.97 Å². The molecule has 190 valence electrons. The molecule has 0 radical (unpaired) electrons. The molecule has 0 bridgehead atoms. The number of rotatable bonds is 7. The van der Waals surface area contributed by atoms with E-state index in [9.17, 15) is 9.59 Å². The summed E-state index contributed by atoms with van der Waals surface area (Å²) in [6.45, 7) is 1.91. The number of carbonyl (C=O) groups excluding carboxylic acids is 2. The molecule has 0 aliphatic heterocycles. The summed E-state index contributed by atoms with van der Waals surface area (Å²) < 4.78 is 7.07. The molecule has 1 aliphatic rings. The molecule has 1 aliphatic carbocycles. The van der Waals surface area contributed by atoms with Crippen molar-refractivity contribution in [1.29, 1.82) is 0 Å². The van der Waals surface area contributed by atoms with E-state index >= 15 is 0 Å². The van der Waals surface area contributed by atoms with Crippen LogP contribution in [0.5, 0.6) is 5.75 Å². The van der Waals surface area contributed by atoms with Gasteiger partial charge in [0.15, 0.2) is 5.75 Å². The van der Waals surface area contributed by atoms with Crippen LogP contribution in [0.25, 0.3) is 0 Å². The van der Waals surface area contributed by atoms with Crippen LogP contribution in [0.2, 0.25) is 0 Å². The minimum Gasteiger partial charge on any atom is -0.421 e. The van der Waals surface area contributed by atoms with Crippen LogP contribution in [0, 0.1) is 12.8 Å². The van der Waals surface area contributed by atoms with Crippen molar-refractivity contribution in [2.45, 2.75) is 18.8 Å². The Morgan fingerprint density at radius 2 is 1.58 bits per heavy atom. The lowest BCUT2D eigenvalue weighted by atomic mass is 9.85. The summed E-state index contributed by atoms with van der Waals surface area (Å²) in [5.74, 6) is -0.588.